The van der Waals surface area contributed by atoms with Crippen molar-refractivity contribution in [1.29, 1.82) is 0 Å². The van der Waals surface area contributed by atoms with Crippen LogP contribution in [0.5, 0.6) is 11.5 Å². The van der Waals surface area contributed by atoms with Gasteiger partial charge in [-0.05, 0) is 29.8 Å². The molecule has 3 unspecified atom stereocenters. The minimum atomic E-state index is -0.715. The van der Waals surface area contributed by atoms with E-state index in [0.29, 0.717) is 36.7 Å². The zero-order chi connectivity index (χ0) is 20.6. The summed E-state index contributed by atoms with van der Waals surface area (Å²) in [4.78, 5) is 23.9. The van der Waals surface area contributed by atoms with Crippen molar-refractivity contribution >= 4 is 11.9 Å². The van der Waals surface area contributed by atoms with Crippen molar-refractivity contribution in [3.8, 4) is 11.5 Å². The van der Waals surface area contributed by atoms with Crippen molar-refractivity contribution in [2.75, 3.05) is 19.6 Å². The number of primary amides is 1. The predicted molar refractivity (Wildman–Crippen MR) is 108 cm³/mol. The third kappa shape index (κ3) is 6.20. The molecule has 0 aliphatic carbocycles. The zero-order valence-corrected chi connectivity index (χ0v) is 16.0. The van der Waals surface area contributed by atoms with E-state index in [1.54, 1.807) is 24.3 Å². The van der Waals surface area contributed by atoms with Crippen LogP contribution in [0.1, 0.15) is 18.0 Å². The van der Waals surface area contributed by atoms with Gasteiger partial charge in [-0.15, -0.1) is 0 Å². The van der Waals surface area contributed by atoms with Crippen LogP contribution in [-0.4, -0.2) is 42.8 Å². The van der Waals surface area contributed by atoms with Gasteiger partial charge in [0, 0.05) is 25.6 Å². The number of carbonyl (C=O) groups excluding carboxylic acids is 2. The first-order valence-corrected chi connectivity index (χ1v) is 9.55. The van der Waals surface area contributed by atoms with Gasteiger partial charge in [-0.3, -0.25) is 4.79 Å². The number of rotatable bonds is 8. The standard InChI is InChI=1S/C21H26N4O4/c22-21(28)25-18(10-20(27)24-12-15-11-23-13-19(15)26)14-5-4-8-17(9-14)29-16-6-2-1-3-7-16/h1-9,15,18-19,23,26H,10-13H2,(H,24,27)(H3,22,25,28). The number of β-amino-alcohol motifs (C(OH)–C–C–N with tert-alkyl or cyclic N) is 1. The average molecular weight is 398 g/mol. The average Bonchev–Trinajstić information content (AvgIpc) is 3.11. The molecule has 3 rings (SSSR count). The van der Waals surface area contributed by atoms with Gasteiger partial charge in [0.25, 0.3) is 0 Å². The molecule has 1 aliphatic rings. The molecule has 1 aliphatic heterocycles. The predicted octanol–water partition coefficient (Wildman–Crippen LogP) is 1.27. The van der Waals surface area contributed by atoms with E-state index in [1.165, 1.54) is 0 Å². The lowest BCUT2D eigenvalue weighted by Crippen LogP contribution is -2.39. The Labute approximate surface area is 169 Å². The molecule has 0 bridgehead atoms. The fourth-order valence-electron chi connectivity index (χ4n) is 3.27. The summed E-state index contributed by atoms with van der Waals surface area (Å²) in [6.45, 7) is 1.55. The fraction of sp³-hybridized carbons (Fsp3) is 0.333. The molecule has 3 atom stereocenters. The highest BCUT2D eigenvalue weighted by Crippen LogP contribution is 2.26. The highest BCUT2D eigenvalue weighted by molar-refractivity contribution is 5.78. The number of nitrogens with two attached hydrogens (primary N) is 1. The van der Waals surface area contributed by atoms with Crippen molar-refractivity contribution in [3.05, 3.63) is 60.2 Å². The van der Waals surface area contributed by atoms with Gasteiger partial charge in [0.05, 0.1) is 18.6 Å². The monoisotopic (exact) mass is 398 g/mol. The third-order valence-corrected chi connectivity index (χ3v) is 4.81. The van der Waals surface area contributed by atoms with Crippen LogP contribution in [0.3, 0.4) is 0 Å². The van der Waals surface area contributed by atoms with Crippen LogP contribution in [0.25, 0.3) is 0 Å². The van der Waals surface area contributed by atoms with Crippen LogP contribution in [0.15, 0.2) is 54.6 Å². The van der Waals surface area contributed by atoms with Gasteiger partial charge in [0.15, 0.2) is 0 Å². The van der Waals surface area contributed by atoms with E-state index >= 15 is 0 Å². The second kappa shape index (κ2) is 9.90. The maximum Gasteiger partial charge on any atom is 0.312 e. The number of para-hydroxylation sites is 1. The second-order valence-corrected chi connectivity index (χ2v) is 7.04. The van der Waals surface area contributed by atoms with Crippen LogP contribution in [0.4, 0.5) is 4.79 Å². The molecule has 1 saturated heterocycles. The maximum absolute atomic E-state index is 12.4. The van der Waals surface area contributed by atoms with Crippen molar-refractivity contribution in [2.45, 2.75) is 18.6 Å². The summed E-state index contributed by atoms with van der Waals surface area (Å²) in [6.07, 6.45) is -0.449. The number of urea groups is 1. The summed E-state index contributed by atoms with van der Waals surface area (Å²) in [6, 6.07) is 15.2. The Balaban J connectivity index is 1.65. The molecule has 0 radical (unpaired) electrons. The van der Waals surface area contributed by atoms with Gasteiger partial charge in [-0.2, -0.15) is 0 Å². The summed E-state index contributed by atoms with van der Waals surface area (Å²) in [5.41, 5.74) is 6.01. The topological polar surface area (TPSA) is 126 Å². The van der Waals surface area contributed by atoms with E-state index in [9.17, 15) is 14.7 Å². The summed E-state index contributed by atoms with van der Waals surface area (Å²) < 4.78 is 5.83. The highest BCUT2D eigenvalue weighted by Gasteiger charge is 2.26. The summed E-state index contributed by atoms with van der Waals surface area (Å²) in [7, 11) is 0. The van der Waals surface area contributed by atoms with Crippen molar-refractivity contribution in [2.24, 2.45) is 11.7 Å². The molecule has 6 N–H and O–H groups in total. The van der Waals surface area contributed by atoms with Crippen molar-refractivity contribution < 1.29 is 19.4 Å². The molecule has 29 heavy (non-hydrogen) atoms. The smallest absolute Gasteiger partial charge is 0.312 e. The lowest BCUT2D eigenvalue weighted by atomic mass is 10.0. The number of hydrogen-bond donors (Lipinski definition) is 5. The Morgan fingerprint density at radius 3 is 2.59 bits per heavy atom. The summed E-state index contributed by atoms with van der Waals surface area (Å²) >= 11 is 0. The number of benzene rings is 2. The Bertz CT molecular complexity index is 830. The highest BCUT2D eigenvalue weighted by atomic mass is 16.5. The van der Waals surface area contributed by atoms with E-state index in [1.807, 2.05) is 30.3 Å². The minimum absolute atomic E-state index is 0.0218. The molecular formula is C21H26N4O4. The molecule has 2 aromatic rings. The molecule has 0 spiro atoms. The van der Waals surface area contributed by atoms with Gasteiger partial charge >= 0.3 is 6.03 Å². The van der Waals surface area contributed by atoms with E-state index in [2.05, 4.69) is 16.0 Å². The molecule has 1 heterocycles. The number of aliphatic hydroxyl groups is 1. The lowest BCUT2D eigenvalue weighted by molar-refractivity contribution is -0.121. The molecule has 3 amide bonds. The van der Waals surface area contributed by atoms with E-state index < -0.39 is 18.2 Å². The summed E-state index contributed by atoms with van der Waals surface area (Å²) in [5, 5.41) is 18.3. The Kier molecular flexibility index (Phi) is 7.04. The van der Waals surface area contributed by atoms with Gasteiger partial charge in [0.2, 0.25) is 5.91 Å². The zero-order valence-electron chi connectivity index (χ0n) is 16.0. The Morgan fingerprint density at radius 2 is 1.90 bits per heavy atom. The van der Waals surface area contributed by atoms with Gasteiger partial charge < -0.3 is 31.5 Å². The first-order valence-electron chi connectivity index (χ1n) is 9.55. The van der Waals surface area contributed by atoms with Crippen LogP contribution in [-0.2, 0) is 4.79 Å². The van der Waals surface area contributed by atoms with E-state index in [-0.39, 0.29) is 18.2 Å². The molecule has 8 heteroatoms. The number of carbonyl (C=O) groups is 2. The van der Waals surface area contributed by atoms with Gasteiger partial charge in [0.1, 0.15) is 11.5 Å². The van der Waals surface area contributed by atoms with Crippen LogP contribution in [0.2, 0.25) is 0 Å². The first kappa shape index (κ1) is 20.6. The molecule has 8 nitrogen and oxygen atoms in total. The van der Waals surface area contributed by atoms with Gasteiger partial charge in [-0.1, -0.05) is 30.3 Å². The Hall–Kier alpha value is -3.10. The first-order chi connectivity index (χ1) is 14.0. The number of ether oxygens (including phenoxy) is 1. The van der Waals surface area contributed by atoms with Crippen LogP contribution in [0, 0.1) is 5.92 Å². The molecule has 2 aromatic carbocycles. The van der Waals surface area contributed by atoms with E-state index in [0.717, 1.165) is 0 Å². The van der Waals surface area contributed by atoms with E-state index in [4.69, 9.17) is 10.5 Å². The number of aliphatic hydroxyl groups excluding tert-OH is 1. The minimum Gasteiger partial charge on any atom is -0.457 e. The fourth-order valence-corrected chi connectivity index (χ4v) is 3.27. The SMILES string of the molecule is NC(=O)NC(CC(=O)NCC1CNCC1O)c1cccc(Oc2ccccc2)c1. The number of hydrogen-bond acceptors (Lipinski definition) is 5. The molecule has 0 saturated carbocycles. The second-order valence-electron chi connectivity index (χ2n) is 7.04. The quantitative estimate of drug-likeness (QED) is 0.458. The third-order valence-electron chi connectivity index (χ3n) is 4.81. The number of amides is 3. The van der Waals surface area contributed by atoms with Crippen molar-refractivity contribution in [3.63, 3.8) is 0 Å². The molecule has 0 aromatic heterocycles. The summed E-state index contributed by atoms with van der Waals surface area (Å²) in [5.74, 6) is 1.01. The van der Waals surface area contributed by atoms with Gasteiger partial charge in [-0.25, -0.2) is 4.79 Å². The maximum atomic E-state index is 12.4. The largest absolute Gasteiger partial charge is 0.457 e. The number of nitrogens with one attached hydrogen (secondary N) is 3. The molecule has 1 fully saturated rings. The van der Waals surface area contributed by atoms with Crippen molar-refractivity contribution in [1.82, 2.24) is 16.0 Å². The Morgan fingerprint density at radius 1 is 1.14 bits per heavy atom. The van der Waals surface area contributed by atoms with Crippen LogP contribution >= 0.6 is 0 Å². The van der Waals surface area contributed by atoms with Crippen LogP contribution < -0.4 is 26.4 Å². The molecular weight excluding hydrogens is 372 g/mol. The lowest BCUT2D eigenvalue weighted by Gasteiger charge is -2.20. The molecule has 154 valence electrons. The normalized spacial score (nSPS) is 19.3.